The number of ether oxygens (including phenoxy) is 1. The average Bonchev–Trinajstić information content (AvgIpc) is 2.76. The first kappa shape index (κ1) is 12.3. The number of benzene rings is 1. The summed E-state index contributed by atoms with van der Waals surface area (Å²) in [5.74, 6) is 1.50. The normalized spacial score (nSPS) is 21.5. The summed E-state index contributed by atoms with van der Waals surface area (Å²) >= 11 is 0. The fourth-order valence-corrected chi connectivity index (χ4v) is 3.40. The molecule has 0 radical (unpaired) electrons. The number of nitrogens with two attached hydrogens (primary N) is 1. The molecule has 0 unspecified atom stereocenters. The molecule has 1 spiro atoms. The van der Waals surface area contributed by atoms with Crippen molar-refractivity contribution in [3.63, 3.8) is 0 Å². The molecule has 1 aliphatic heterocycles. The topological polar surface area (TPSA) is 50.9 Å². The first-order valence-electron chi connectivity index (χ1n) is 7.00. The Kier molecular flexibility index (Phi) is 3.09. The van der Waals surface area contributed by atoms with Gasteiger partial charge in [0.25, 0.3) is 0 Å². The second kappa shape index (κ2) is 4.76. The molecule has 0 atom stereocenters. The molecule has 1 heterocycles. The number of nitrogens with zero attached hydrogens (tertiary/aromatic N) is 2. The van der Waals surface area contributed by atoms with E-state index in [4.69, 9.17) is 10.5 Å². The van der Waals surface area contributed by atoms with Gasteiger partial charge in [-0.1, -0.05) is 31.4 Å². The van der Waals surface area contributed by atoms with Crippen molar-refractivity contribution in [1.82, 2.24) is 0 Å². The molecule has 3 rings (SSSR count). The van der Waals surface area contributed by atoms with Crippen molar-refractivity contribution in [2.45, 2.75) is 37.6 Å². The molecule has 102 valence electrons. The maximum absolute atomic E-state index is 6.16. The van der Waals surface area contributed by atoms with Crippen molar-refractivity contribution >= 4 is 11.6 Å². The van der Waals surface area contributed by atoms with Crippen molar-refractivity contribution in [1.29, 1.82) is 0 Å². The quantitative estimate of drug-likeness (QED) is 0.888. The highest BCUT2D eigenvalue weighted by Crippen LogP contribution is 2.42. The number of methoxy groups -OCH3 is 1. The molecule has 1 fully saturated rings. The number of guanidine groups is 1. The smallest absolute Gasteiger partial charge is 0.196 e. The van der Waals surface area contributed by atoms with Gasteiger partial charge in [0.05, 0.1) is 24.9 Å². The van der Waals surface area contributed by atoms with Crippen LogP contribution in [0.15, 0.2) is 29.3 Å². The van der Waals surface area contributed by atoms with Gasteiger partial charge in [-0.25, -0.2) is 0 Å². The van der Waals surface area contributed by atoms with Gasteiger partial charge in [-0.3, -0.25) is 4.99 Å². The van der Waals surface area contributed by atoms with Crippen LogP contribution in [0.2, 0.25) is 0 Å². The Morgan fingerprint density at radius 1 is 1.21 bits per heavy atom. The Bertz CT molecular complexity index is 492. The Morgan fingerprint density at radius 3 is 2.68 bits per heavy atom. The van der Waals surface area contributed by atoms with Crippen LogP contribution < -0.4 is 15.4 Å². The van der Waals surface area contributed by atoms with E-state index in [0.717, 1.165) is 30.8 Å². The van der Waals surface area contributed by atoms with Gasteiger partial charge in [-0.05, 0) is 25.0 Å². The van der Waals surface area contributed by atoms with Crippen molar-refractivity contribution in [3.05, 3.63) is 24.3 Å². The van der Waals surface area contributed by atoms with E-state index in [1.807, 2.05) is 18.2 Å². The van der Waals surface area contributed by atoms with Gasteiger partial charge >= 0.3 is 0 Å². The van der Waals surface area contributed by atoms with Gasteiger partial charge in [0.15, 0.2) is 5.96 Å². The minimum absolute atomic E-state index is 0.0803. The van der Waals surface area contributed by atoms with Crippen LogP contribution in [0.5, 0.6) is 5.75 Å². The van der Waals surface area contributed by atoms with Crippen molar-refractivity contribution in [2.75, 3.05) is 18.6 Å². The zero-order valence-corrected chi connectivity index (χ0v) is 11.4. The third kappa shape index (κ3) is 1.95. The lowest BCUT2D eigenvalue weighted by Gasteiger charge is -2.42. The molecule has 0 bridgehead atoms. The molecule has 4 heteroatoms. The molecule has 1 aromatic carbocycles. The van der Waals surface area contributed by atoms with Gasteiger partial charge in [-0.15, -0.1) is 0 Å². The van der Waals surface area contributed by atoms with Gasteiger partial charge in [0.1, 0.15) is 5.75 Å². The van der Waals surface area contributed by atoms with Crippen LogP contribution in [-0.4, -0.2) is 25.2 Å². The van der Waals surface area contributed by atoms with E-state index in [0.29, 0.717) is 5.96 Å². The molecule has 1 aromatic rings. The summed E-state index contributed by atoms with van der Waals surface area (Å²) in [5.41, 5.74) is 7.29. The fourth-order valence-electron chi connectivity index (χ4n) is 3.40. The monoisotopic (exact) mass is 259 g/mol. The number of rotatable bonds is 2. The average molecular weight is 259 g/mol. The molecule has 0 saturated heterocycles. The van der Waals surface area contributed by atoms with Crippen molar-refractivity contribution in [2.24, 2.45) is 10.7 Å². The number of anilines is 1. The number of hydrogen-bond donors (Lipinski definition) is 1. The van der Waals surface area contributed by atoms with E-state index in [1.165, 1.54) is 19.3 Å². The van der Waals surface area contributed by atoms with Crippen molar-refractivity contribution < 1.29 is 4.74 Å². The summed E-state index contributed by atoms with van der Waals surface area (Å²) < 4.78 is 5.49. The fraction of sp³-hybridized carbons (Fsp3) is 0.533. The Hall–Kier alpha value is -1.71. The van der Waals surface area contributed by atoms with Crippen LogP contribution >= 0.6 is 0 Å². The van der Waals surface area contributed by atoms with E-state index in [-0.39, 0.29) is 5.54 Å². The lowest BCUT2D eigenvalue weighted by molar-refractivity contribution is 0.315. The van der Waals surface area contributed by atoms with Crippen LogP contribution in [0.25, 0.3) is 0 Å². The molecule has 2 N–H and O–H groups in total. The van der Waals surface area contributed by atoms with Crippen LogP contribution in [0, 0.1) is 0 Å². The number of hydrogen-bond acceptors (Lipinski definition) is 4. The standard InChI is InChI=1S/C15H21N3O/c1-19-13-8-4-3-7-12(13)18-14(16)17-11-15(18)9-5-2-6-10-15/h3-4,7-8H,2,5-6,9-11H2,1H3,(H2,16,17). The second-order valence-corrected chi connectivity index (χ2v) is 5.47. The van der Waals surface area contributed by atoms with Crippen molar-refractivity contribution in [3.8, 4) is 5.75 Å². The van der Waals surface area contributed by atoms with E-state index in [2.05, 4.69) is 16.0 Å². The first-order chi connectivity index (χ1) is 9.27. The molecule has 2 aliphatic rings. The lowest BCUT2D eigenvalue weighted by Crippen LogP contribution is -2.53. The van der Waals surface area contributed by atoms with Gasteiger partial charge in [0.2, 0.25) is 0 Å². The summed E-state index contributed by atoms with van der Waals surface area (Å²) in [6.45, 7) is 0.816. The summed E-state index contributed by atoms with van der Waals surface area (Å²) in [6, 6.07) is 8.07. The van der Waals surface area contributed by atoms with E-state index in [1.54, 1.807) is 7.11 Å². The minimum atomic E-state index is 0.0803. The van der Waals surface area contributed by atoms with E-state index < -0.39 is 0 Å². The Balaban J connectivity index is 2.02. The minimum Gasteiger partial charge on any atom is -0.495 e. The second-order valence-electron chi connectivity index (χ2n) is 5.47. The van der Waals surface area contributed by atoms with Crippen LogP contribution in [-0.2, 0) is 0 Å². The zero-order chi connectivity index (χ0) is 13.3. The highest BCUT2D eigenvalue weighted by molar-refractivity contribution is 5.99. The molecule has 4 nitrogen and oxygen atoms in total. The first-order valence-corrected chi connectivity index (χ1v) is 7.00. The van der Waals surface area contributed by atoms with Gasteiger partial charge in [0, 0.05) is 0 Å². The Morgan fingerprint density at radius 2 is 1.95 bits per heavy atom. The van der Waals surface area contributed by atoms with E-state index >= 15 is 0 Å². The SMILES string of the molecule is COc1ccccc1N1C(N)=NCC12CCCCC2. The summed E-state index contributed by atoms with van der Waals surface area (Å²) in [7, 11) is 1.70. The van der Waals surface area contributed by atoms with Gasteiger partial charge in [-0.2, -0.15) is 0 Å². The Labute approximate surface area is 114 Å². The molecule has 0 aromatic heterocycles. The summed E-state index contributed by atoms with van der Waals surface area (Å²) in [6.07, 6.45) is 6.16. The highest BCUT2D eigenvalue weighted by Gasteiger charge is 2.44. The third-order valence-corrected chi connectivity index (χ3v) is 4.35. The molecule has 0 amide bonds. The maximum Gasteiger partial charge on any atom is 0.196 e. The molecular formula is C15H21N3O. The number of aliphatic imine (C=N–C) groups is 1. The predicted octanol–water partition coefficient (Wildman–Crippen LogP) is 2.53. The summed E-state index contributed by atoms with van der Waals surface area (Å²) in [5, 5.41) is 0. The van der Waals surface area contributed by atoms with Crippen LogP contribution in [0.1, 0.15) is 32.1 Å². The predicted molar refractivity (Wildman–Crippen MR) is 77.8 cm³/mol. The lowest BCUT2D eigenvalue weighted by atomic mass is 9.80. The maximum atomic E-state index is 6.16. The largest absolute Gasteiger partial charge is 0.495 e. The number of para-hydroxylation sites is 2. The molecule has 19 heavy (non-hydrogen) atoms. The third-order valence-electron chi connectivity index (χ3n) is 4.35. The van der Waals surface area contributed by atoms with Crippen LogP contribution in [0.4, 0.5) is 5.69 Å². The van der Waals surface area contributed by atoms with E-state index in [9.17, 15) is 0 Å². The molecule has 1 saturated carbocycles. The van der Waals surface area contributed by atoms with Crippen LogP contribution in [0.3, 0.4) is 0 Å². The van der Waals surface area contributed by atoms with Gasteiger partial charge < -0.3 is 15.4 Å². The zero-order valence-electron chi connectivity index (χ0n) is 11.4. The molecule has 1 aliphatic carbocycles. The summed E-state index contributed by atoms with van der Waals surface area (Å²) in [4.78, 5) is 6.72. The highest BCUT2D eigenvalue weighted by atomic mass is 16.5. The molecular weight excluding hydrogens is 238 g/mol.